The topological polar surface area (TPSA) is 126 Å². The highest BCUT2D eigenvalue weighted by Crippen LogP contribution is 2.35. The summed E-state index contributed by atoms with van der Waals surface area (Å²) in [6.45, 7) is 1.66. The Morgan fingerprint density at radius 1 is 1.17 bits per heavy atom. The molecule has 0 spiro atoms. The lowest BCUT2D eigenvalue weighted by Crippen LogP contribution is -2.25. The summed E-state index contributed by atoms with van der Waals surface area (Å²) >= 11 is 0. The van der Waals surface area contributed by atoms with Crippen LogP contribution in [0.15, 0.2) is 69.7 Å². The van der Waals surface area contributed by atoms with E-state index >= 15 is 0 Å². The Labute approximate surface area is 194 Å². The number of nitro benzene ring substituents is 1. The molecule has 2 aromatic carbocycles. The third-order valence-corrected chi connectivity index (χ3v) is 5.01. The van der Waals surface area contributed by atoms with Crippen molar-refractivity contribution in [3.8, 4) is 11.3 Å². The number of benzene rings is 2. The molecule has 1 aliphatic heterocycles. The van der Waals surface area contributed by atoms with Crippen molar-refractivity contribution in [1.29, 1.82) is 0 Å². The normalized spacial score (nSPS) is 15.0. The SMILES string of the molecule is Cc1ccc(-c2ccc(/C=C3\C(=O)N(c4cccc(C(=O)O)c4)N=C3C(F)(F)F)o2)c([N+](=O)[O-])c1. The van der Waals surface area contributed by atoms with Crippen molar-refractivity contribution < 1.29 is 37.2 Å². The van der Waals surface area contributed by atoms with Crippen molar-refractivity contribution in [2.24, 2.45) is 5.10 Å². The summed E-state index contributed by atoms with van der Waals surface area (Å²) in [5.41, 5.74) is -2.26. The van der Waals surface area contributed by atoms with Crippen LogP contribution in [-0.4, -0.2) is 33.8 Å². The lowest BCUT2D eigenvalue weighted by Gasteiger charge is -2.11. The van der Waals surface area contributed by atoms with Crippen molar-refractivity contribution in [3.63, 3.8) is 0 Å². The maximum atomic E-state index is 13.7. The number of alkyl halides is 3. The Hall–Kier alpha value is -4.74. The standard InChI is InChI=1S/C23H14F3N3O6/c1-12-5-7-16(18(9-12)29(33)34)19-8-6-15(35-19)11-17-20(23(24,25)26)27-28(21(17)30)14-4-2-3-13(10-14)22(31)32/h2-11H,1H3,(H,31,32)/b17-11-. The first kappa shape index (κ1) is 23.4. The van der Waals surface area contributed by atoms with Gasteiger partial charge in [0.05, 0.1) is 27.3 Å². The van der Waals surface area contributed by atoms with E-state index in [0.717, 1.165) is 12.1 Å². The van der Waals surface area contributed by atoms with E-state index in [9.17, 15) is 32.9 Å². The van der Waals surface area contributed by atoms with Crippen LogP contribution in [0.5, 0.6) is 0 Å². The number of carbonyl (C=O) groups is 2. The fraction of sp³-hybridized carbons (Fsp3) is 0.0870. The molecule has 1 aliphatic rings. The lowest BCUT2D eigenvalue weighted by atomic mass is 10.1. The van der Waals surface area contributed by atoms with Crippen LogP contribution in [0.3, 0.4) is 0 Å². The highest BCUT2D eigenvalue weighted by Gasteiger charge is 2.47. The number of aryl methyl sites for hydroxylation is 1. The molecule has 35 heavy (non-hydrogen) atoms. The highest BCUT2D eigenvalue weighted by molar-refractivity contribution is 6.34. The smallest absolute Gasteiger partial charge is 0.435 e. The Bertz CT molecular complexity index is 1440. The first-order valence-electron chi connectivity index (χ1n) is 9.86. The molecule has 4 rings (SSSR count). The minimum Gasteiger partial charge on any atom is -0.478 e. The van der Waals surface area contributed by atoms with Gasteiger partial charge in [-0.2, -0.15) is 23.3 Å². The molecular weight excluding hydrogens is 471 g/mol. The van der Waals surface area contributed by atoms with Gasteiger partial charge < -0.3 is 9.52 Å². The number of hydrogen-bond donors (Lipinski definition) is 1. The number of halogens is 3. The van der Waals surface area contributed by atoms with Crippen molar-refractivity contribution >= 4 is 35.0 Å². The summed E-state index contributed by atoms with van der Waals surface area (Å²) in [6, 6.07) is 11.7. The number of carboxylic acids is 1. The van der Waals surface area contributed by atoms with E-state index in [4.69, 9.17) is 9.52 Å². The molecule has 0 unspecified atom stereocenters. The Morgan fingerprint density at radius 3 is 2.57 bits per heavy atom. The zero-order chi connectivity index (χ0) is 25.5. The highest BCUT2D eigenvalue weighted by atomic mass is 19.4. The minimum atomic E-state index is -5.01. The van der Waals surface area contributed by atoms with Gasteiger partial charge in [0.15, 0.2) is 5.71 Å². The molecule has 0 saturated heterocycles. The number of aromatic carboxylic acids is 1. The maximum Gasteiger partial charge on any atom is 0.435 e. The summed E-state index contributed by atoms with van der Waals surface area (Å²) < 4.78 is 46.6. The van der Waals surface area contributed by atoms with E-state index in [1.165, 1.54) is 42.5 Å². The number of furan rings is 1. The van der Waals surface area contributed by atoms with Crippen LogP contribution in [0.2, 0.25) is 0 Å². The van der Waals surface area contributed by atoms with Gasteiger partial charge in [0, 0.05) is 6.07 Å². The van der Waals surface area contributed by atoms with Crippen molar-refractivity contribution in [2.75, 3.05) is 5.01 Å². The fourth-order valence-electron chi connectivity index (χ4n) is 3.42. The molecule has 0 atom stereocenters. The number of hydrazone groups is 1. The van der Waals surface area contributed by atoms with Crippen molar-refractivity contribution in [3.05, 3.63) is 87.2 Å². The number of anilines is 1. The zero-order valence-electron chi connectivity index (χ0n) is 17.7. The van der Waals surface area contributed by atoms with E-state index in [2.05, 4.69) is 5.10 Å². The molecule has 1 aromatic heterocycles. The summed E-state index contributed by atoms with van der Waals surface area (Å²) in [6.07, 6.45) is -4.18. The largest absolute Gasteiger partial charge is 0.478 e. The van der Waals surface area contributed by atoms with E-state index in [-0.39, 0.29) is 34.0 Å². The van der Waals surface area contributed by atoms with Gasteiger partial charge in [-0.05, 0) is 55.0 Å². The third-order valence-electron chi connectivity index (χ3n) is 5.01. The fourth-order valence-corrected chi connectivity index (χ4v) is 3.42. The van der Waals surface area contributed by atoms with Gasteiger partial charge in [0.25, 0.3) is 11.6 Å². The van der Waals surface area contributed by atoms with E-state index in [1.54, 1.807) is 13.0 Å². The van der Waals surface area contributed by atoms with Crippen LogP contribution in [0.25, 0.3) is 17.4 Å². The van der Waals surface area contributed by atoms with Crippen LogP contribution in [-0.2, 0) is 4.79 Å². The molecule has 12 heteroatoms. The van der Waals surface area contributed by atoms with Gasteiger partial charge in [-0.3, -0.25) is 14.9 Å². The van der Waals surface area contributed by atoms with E-state index in [0.29, 0.717) is 10.6 Å². The Balaban J connectivity index is 1.75. The zero-order valence-corrected chi connectivity index (χ0v) is 17.7. The molecule has 178 valence electrons. The third kappa shape index (κ3) is 4.53. The molecule has 2 heterocycles. The summed E-state index contributed by atoms with van der Waals surface area (Å²) in [5, 5.41) is 24.4. The van der Waals surface area contributed by atoms with Gasteiger partial charge in [0.2, 0.25) is 0 Å². The predicted molar refractivity (Wildman–Crippen MR) is 118 cm³/mol. The van der Waals surface area contributed by atoms with Crippen molar-refractivity contribution in [1.82, 2.24) is 0 Å². The van der Waals surface area contributed by atoms with Gasteiger partial charge >= 0.3 is 12.1 Å². The van der Waals surface area contributed by atoms with Gasteiger partial charge in [-0.25, -0.2) is 4.79 Å². The number of amides is 1. The average molecular weight is 485 g/mol. The molecule has 1 N–H and O–H groups in total. The van der Waals surface area contributed by atoms with Gasteiger partial charge in [0.1, 0.15) is 11.5 Å². The van der Waals surface area contributed by atoms with Crippen LogP contribution >= 0.6 is 0 Å². The summed E-state index contributed by atoms with van der Waals surface area (Å²) in [7, 11) is 0. The average Bonchev–Trinajstić information content (AvgIpc) is 3.38. The molecule has 0 radical (unpaired) electrons. The summed E-state index contributed by atoms with van der Waals surface area (Å²) in [4.78, 5) is 34.8. The molecule has 3 aromatic rings. The molecule has 0 aliphatic carbocycles. The second-order valence-corrected chi connectivity index (χ2v) is 7.46. The number of nitrogens with zero attached hydrogens (tertiary/aromatic N) is 3. The lowest BCUT2D eigenvalue weighted by molar-refractivity contribution is -0.384. The molecule has 1 amide bonds. The van der Waals surface area contributed by atoms with Crippen LogP contribution in [0.4, 0.5) is 24.5 Å². The Morgan fingerprint density at radius 2 is 1.91 bits per heavy atom. The monoisotopic (exact) mass is 485 g/mol. The van der Waals surface area contributed by atoms with E-state index in [1.807, 2.05) is 0 Å². The number of rotatable bonds is 5. The summed E-state index contributed by atoms with van der Waals surface area (Å²) in [5.74, 6) is -2.64. The van der Waals surface area contributed by atoms with Gasteiger partial charge in [-0.1, -0.05) is 12.1 Å². The number of carbonyl (C=O) groups excluding carboxylic acids is 1. The van der Waals surface area contributed by atoms with E-state index < -0.39 is 34.3 Å². The minimum absolute atomic E-state index is 0.0190. The first-order chi connectivity index (χ1) is 16.5. The number of carboxylic acid groups (broad SMARTS) is 1. The van der Waals surface area contributed by atoms with Crippen LogP contribution in [0, 0.1) is 17.0 Å². The Kier molecular flexibility index (Phi) is 5.73. The molecular formula is C23H14F3N3O6. The number of hydrogen-bond acceptors (Lipinski definition) is 6. The molecule has 0 fully saturated rings. The second-order valence-electron chi connectivity index (χ2n) is 7.46. The van der Waals surface area contributed by atoms with Crippen molar-refractivity contribution in [2.45, 2.75) is 13.1 Å². The quantitative estimate of drug-likeness (QED) is 0.300. The predicted octanol–water partition coefficient (Wildman–Crippen LogP) is 5.21. The molecule has 9 nitrogen and oxygen atoms in total. The van der Waals surface area contributed by atoms with Crippen LogP contribution < -0.4 is 5.01 Å². The number of nitro groups is 1. The molecule has 0 bridgehead atoms. The second kappa shape index (κ2) is 8.56. The first-order valence-corrected chi connectivity index (χ1v) is 9.86. The maximum absolute atomic E-state index is 13.7. The van der Waals surface area contributed by atoms with Crippen LogP contribution in [0.1, 0.15) is 21.7 Å². The molecule has 0 saturated carbocycles. The van der Waals surface area contributed by atoms with Gasteiger partial charge in [-0.15, -0.1) is 0 Å².